The molecule has 3 nitrogen and oxygen atoms in total. The van der Waals surface area contributed by atoms with E-state index in [0.29, 0.717) is 15.8 Å². The molecule has 3 rings (SSSR count). The fraction of sp³-hybridized carbons (Fsp3) is 0.250. The maximum absolute atomic E-state index is 12.5. The van der Waals surface area contributed by atoms with E-state index in [1.54, 1.807) is 30.3 Å². The van der Waals surface area contributed by atoms with Crippen molar-refractivity contribution < 1.29 is 14.6 Å². The van der Waals surface area contributed by atoms with Gasteiger partial charge in [-0.2, -0.15) is 0 Å². The van der Waals surface area contributed by atoms with Gasteiger partial charge in [-0.05, 0) is 62.1 Å². The number of ether oxygens (including phenoxy) is 1. The lowest BCUT2D eigenvalue weighted by Crippen LogP contribution is -2.32. The molecule has 0 saturated heterocycles. The molecule has 0 fully saturated rings. The van der Waals surface area contributed by atoms with Crippen molar-refractivity contribution in [3.63, 3.8) is 0 Å². The molecular weight excluding hydrogens is 359 g/mol. The summed E-state index contributed by atoms with van der Waals surface area (Å²) in [5.41, 5.74) is 1.69. The van der Waals surface area contributed by atoms with Crippen molar-refractivity contribution in [1.29, 1.82) is 0 Å². The zero-order valence-electron chi connectivity index (χ0n) is 14.0. The maximum Gasteiger partial charge on any atom is 0.189 e. The lowest BCUT2D eigenvalue weighted by Gasteiger charge is -2.32. The SMILES string of the molecule is CC1(C)CCc2cc(C(=O)/C=C/c3ccc(Cl)c(Cl)c3)c(O)cc2O1. The molecule has 0 unspecified atom stereocenters. The summed E-state index contributed by atoms with van der Waals surface area (Å²) in [7, 11) is 0. The van der Waals surface area contributed by atoms with E-state index in [4.69, 9.17) is 27.9 Å². The number of aromatic hydroxyl groups is 1. The second-order valence-electron chi connectivity index (χ2n) is 6.71. The third-order valence-corrected chi connectivity index (χ3v) is 4.94. The van der Waals surface area contributed by atoms with E-state index in [1.807, 2.05) is 13.8 Å². The molecule has 1 aliphatic heterocycles. The van der Waals surface area contributed by atoms with Crippen LogP contribution in [0.25, 0.3) is 6.08 Å². The van der Waals surface area contributed by atoms with Crippen LogP contribution in [0.3, 0.4) is 0 Å². The van der Waals surface area contributed by atoms with Gasteiger partial charge in [0, 0.05) is 6.07 Å². The molecule has 2 aromatic carbocycles. The van der Waals surface area contributed by atoms with E-state index < -0.39 is 0 Å². The molecular formula is C20H18Cl2O3. The molecule has 1 N–H and O–H groups in total. The summed E-state index contributed by atoms with van der Waals surface area (Å²) in [6.45, 7) is 4.01. The summed E-state index contributed by atoms with van der Waals surface area (Å²) in [6.07, 6.45) is 4.72. The standard InChI is InChI=1S/C20H18Cl2O3/c1-20(2)8-7-13-10-14(18(24)11-19(13)25-20)17(23)6-4-12-3-5-15(21)16(22)9-12/h3-6,9-11,24H,7-8H2,1-2H3/b6-4+. The van der Waals surface area contributed by atoms with Crippen LogP contribution in [0.2, 0.25) is 10.0 Å². The van der Waals surface area contributed by atoms with Crippen molar-refractivity contribution in [1.82, 2.24) is 0 Å². The number of benzene rings is 2. The first-order valence-electron chi connectivity index (χ1n) is 7.97. The Morgan fingerprint density at radius 1 is 1.20 bits per heavy atom. The van der Waals surface area contributed by atoms with Gasteiger partial charge in [-0.15, -0.1) is 0 Å². The molecule has 0 saturated carbocycles. The Morgan fingerprint density at radius 2 is 1.96 bits per heavy atom. The topological polar surface area (TPSA) is 46.5 Å². The van der Waals surface area contributed by atoms with Crippen molar-refractivity contribution in [2.45, 2.75) is 32.3 Å². The van der Waals surface area contributed by atoms with Crippen molar-refractivity contribution >= 4 is 35.1 Å². The highest BCUT2D eigenvalue weighted by atomic mass is 35.5. The number of aryl methyl sites for hydroxylation is 1. The van der Waals surface area contributed by atoms with Gasteiger partial charge in [-0.25, -0.2) is 0 Å². The van der Waals surface area contributed by atoms with Gasteiger partial charge in [0.05, 0.1) is 15.6 Å². The summed E-state index contributed by atoms with van der Waals surface area (Å²) in [5, 5.41) is 11.1. The quantitative estimate of drug-likeness (QED) is 0.551. The van der Waals surface area contributed by atoms with Gasteiger partial charge in [0.25, 0.3) is 0 Å². The summed E-state index contributed by atoms with van der Waals surface area (Å²) in [6, 6.07) is 8.35. The van der Waals surface area contributed by atoms with Gasteiger partial charge in [-0.3, -0.25) is 4.79 Å². The first kappa shape index (κ1) is 17.8. The Morgan fingerprint density at radius 3 is 2.68 bits per heavy atom. The Bertz CT molecular complexity index is 869. The number of hydrogen-bond acceptors (Lipinski definition) is 3. The van der Waals surface area contributed by atoms with Crippen LogP contribution in [-0.2, 0) is 6.42 Å². The second kappa shape index (κ2) is 6.74. The average molecular weight is 377 g/mol. The van der Waals surface area contributed by atoms with Crippen molar-refractivity contribution in [2.75, 3.05) is 0 Å². The van der Waals surface area contributed by atoms with E-state index >= 15 is 0 Å². The second-order valence-corrected chi connectivity index (χ2v) is 7.52. The third kappa shape index (κ3) is 4.00. The van der Waals surface area contributed by atoms with Crippen LogP contribution in [0.5, 0.6) is 11.5 Å². The fourth-order valence-electron chi connectivity index (χ4n) is 2.76. The number of phenols is 1. The molecule has 5 heteroatoms. The number of hydrogen-bond donors (Lipinski definition) is 1. The minimum Gasteiger partial charge on any atom is -0.507 e. The molecule has 0 amide bonds. The highest BCUT2D eigenvalue weighted by Gasteiger charge is 2.28. The highest BCUT2D eigenvalue weighted by Crippen LogP contribution is 2.37. The Hall–Kier alpha value is -1.97. The van der Waals surface area contributed by atoms with Crippen LogP contribution in [-0.4, -0.2) is 16.5 Å². The highest BCUT2D eigenvalue weighted by molar-refractivity contribution is 6.42. The van der Waals surface area contributed by atoms with Crippen LogP contribution < -0.4 is 4.74 Å². The molecule has 1 heterocycles. The molecule has 25 heavy (non-hydrogen) atoms. The van der Waals surface area contributed by atoms with Gasteiger partial charge in [0.15, 0.2) is 5.78 Å². The molecule has 1 aliphatic rings. The zero-order valence-corrected chi connectivity index (χ0v) is 15.5. The minimum atomic E-state index is -0.281. The predicted molar refractivity (Wildman–Crippen MR) is 101 cm³/mol. The van der Waals surface area contributed by atoms with Crippen molar-refractivity contribution in [3.8, 4) is 11.5 Å². The zero-order chi connectivity index (χ0) is 18.2. The number of carbonyl (C=O) groups is 1. The van der Waals surface area contributed by atoms with Gasteiger partial charge in [0.1, 0.15) is 17.1 Å². The molecule has 130 valence electrons. The molecule has 0 bridgehead atoms. The number of ketones is 1. The monoisotopic (exact) mass is 376 g/mol. The Balaban J connectivity index is 1.85. The van der Waals surface area contributed by atoms with E-state index in [-0.39, 0.29) is 22.7 Å². The molecule has 0 aromatic heterocycles. The van der Waals surface area contributed by atoms with Gasteiger partial charge in [0.2, 0.25) is 0 Å². The number of carbonyl (C=O) groups excluding carboxylic acids is 1. The minimum absolute atomic E-state index is 0.0831. The summed E-state index contributed by atoms with van der Waals surface area (Å²) < 4.78 is 5.87. The summed E-state index contributed by atoms with van der Waals surface area (Å²) >= 11 is 11.8. The Labute approximate surface area is 156 Å². The normalized spacial score (nSPS) is 15.7. The van der Waals surface area contributed by atoms with E-state index in [9.17, 15) is 9.90 Å². The van der Waals surface area contributed by atoms with Crippen LogP contribution in [0.4, 0.5) is 0 Å². The number of phenolic OH excluding ortho intramolecular Hbond substituents is 1. The molecule has 0 spiro atoms. The van der Waals surface area contributed by atoms with Gasteiger partial charge < -0.3 is 9.84 Å². The summed E-state index contributed by atoms with van der Waals surface area (Å²) in [4.78, 5) is 12.5. The smallest absolute Gasteiger partial charge is 0.189 e. The van der Waals surface area contributed by atoms with E-state index in [0.717, 1.165) is 24.0 Å². The molecule has 0 radical (unpaired) electrons. The number of fused-ring (bicyclic) bond motifs is 1. The fourth-order valence-corrected chi connectivity index (χ4v) is 3.07. The number of allylic oxidation sites excluding steroid dienone is 1. The van der Waals surface area contributed by atoms with Gasteiger partial charge >= 0.3 is 0 Å². The van der Waals surface area contributed by atoms with Crippen LogP contribution >= 0.6 is 23.2 Å². The van der Waals surface area contributed by atoms with E-state index in [1.165, 1.54) is 12.1 Å². The average Bonchev–Trinajstić information content (AvgIpc) is 2.54. The predicted octanol–water partition coefficient (Wildman–Crippen LogP) is 5.70. The van der Waals surface area contributed by atoms with Crippen molar-refractivity contribution in [3.05, 3.63) is 63.1 Å². The molecule has 0 aliphatic carbocycles. The maximum atomic E-state index is 12.5. The molecule has 0 atom stereocenters. The largest absolute Gasteiger partial charge is 0.507 e. The number of halogens is 2. The first-order valence-corrected chi connectivity index (χ1v) is 8.73. The van der Waals surface area contributed by atoms with Crippen molar-refractivity contribution in [2.24, 2.45) is 0 Å². The van der Waals surface area contributed by atoms with E-state index in [2.05, 4.69) is 0 Å². The van der Waals surface area contributed by atoms with Crippen LogP contribution in [0.1, 0.15) is 41.8 Å². The third-order valence-electron chi connectivity index (χ3n) is 4.20. The van der Waals surface area contributed by atoms with Crippen LogP contribution in [0, 0.1) is 0 Å². The Kier molecular flexibility index (Phi) is 4.81. The lowest BCUT2D eigenvalue weighted by molar-refractivity contribution is 0.0842. The van der Waals surface area contributed by atoms with Crippen LogP contribution in [0.15, 0.2) is 36.4 Å². The van der Waals surface area contributed by atoms with Gasteiger partial charge in [-0.1, -0.05) is 35.3 Å². The lowest BCUT2D eigenvalue weighted by atomic mass is 9.92. The summed E-state index contributed by atoms with van der Waals surface area (Å²) in [5.74, 6) is 0.273. The molecule has 2 aromatic rings. The number of rotatable bonds is 3. The first-order chi connectivity index (χ1) is 11.7.